The summed E-state index contributed by atoms with van der Waals surface area (Å²) >= 11 is 0. The minimum absolute atomic E-state index is 0.681. The van der Waals surface area contributed by atoms with Gasteiger partial charge >= 0.3 is 0 Å². The summed E-state index contributed by atoms with van der Waals surface area (Å²) < 4.78 is 1.95. The van der Waals surface area contributed by atoms with Crippen LogP contribution in [0, 0.1) is 6.92 Å². The van der Waals surface area contributed by atoms with Gasteiger partial charge in [-0.15, -0.1) is 0 Å². The number of hydrogen-bond donors (Lipinski definition) is 0. The summed E-state index contributed by atoms with van der Waals surface area (Å²) in [5.74, 6) is 0.922. The zero-order chi connectivity index (χ0) is 8.97. The van der Waals surface area contributed by atoms with Crippen molar-refractivity contribution in [2.24, 2.45) is 0 Å². The van der Waals surface area contributed by atoms with Crippen LogP contribution in [0.5, 0.6) is 0 Å². The van der Waals surface area contributed by atoms with E-state index in [0.717, 1.165) is 31.5 Å². The van der Waals surface area contributed by atoms with Crippen molar-refractivity contribution in [3.63, 3.8) is 0 Å². The maximum absolute atomic E-state index is 10.5. The van der Waals surface area contributed by atoms with E-state index in [-0.39, 0.29) is 0 Å². The molecular weight excluding hydrogens is 152 g/mol. The summed E-state index contributed by atoms with van der Waals surface area (Å²) in [6.45, 7) is 4.95. The highest BCUT2D eigenvalue weighted by Gasteiger charge is 2.03. The first kappa shape index (κ1) is 8.97. The summed E-state index contributed by atoms with van der Waals surface area (Å²) in [7, 11) is 0. The van der Waals surface area contributed by atoms with Crippen molar-refractivity contribution in [3.8, 4) is 0 Å². The van der Waals surface area contributed by atoms with Crippen LogP contribution in [0.1, 0.15) is 36.1 Å². The Morgan fingerprint density at radius 3 is 3.00 bits per heavy atom. The third kappa shape index (κ3) is 1.72. The van der Waals surface area contributed by atoms with Crippen molar-refractivity contribution in [3.05, 3.63) is 17.7 Å². The number of rotatable bonds is 4. The van der Waals surface area contributed by atoms with Crippen LogP contribution in [-0.2, 0) is 6.54 Å². The Kier molecular flexibility index (Phi) is 3.02. The fourth-order valence-corrected chi connectivity index (χ4v) is 1.19. The smallest absolute Gasteiger partial charge is 0.168 e. The molecule has 0 amide bonds. The third-order valence-electron chi connectivity index (χ3n) is 1.94. The van der Waals surface area contributed by atoms with Crippen molar-refractivity contribution in [1.29, 1.82) is 0 Å². The van der Waals surface area contributed by atoms with E-state index in [2.05, 4.69) is 11.9 Å². The first-order valence-corrected chi connectivity index (χ1v) is 4.27. The monoisotopic (exact) mass is 166 g/mol. The molecule has 3 nitrogen and oxygen atoms in total. The van der Waals surface area contributed by atoms with Gasteiger partial charge in [0.05, 0.1) is 6.20 Å². The number of nitrogens with zero attached hydrogens (tertiary/aromatic N) is 2. The van der Waals surface area contributed by atoms with E-state index in [1.807, 2.05) is 11.5 Å². The lowest BCUT2D eigenvalue weighted by atomic mass is 10.3. The van der Waals surface area contributed by atoms with Crippen molar-refractivity contribution in [2.45, 2.75) is 33.2 Å². The summed E-state index contributed by atoms with van der Waals surface area (Å²) in [5, 5.41) is 0. The zero-order valence-electron chi connectivity index (χ0n) is 7.58. The van der Waals surface area contributed by atoms with Gasteiger partial charge in [-0.1, -0.05) is 13.3 Å². The first-order valence-electron chi connectivity index (χ1n) is 4.27. The Labute approximate surface area is 72.4 Å². The molecule has 0 aliphatic heterocycles. The molecule has 0 radical (unpaired) electrons. The van der Waals surface area contributed by atoms with Gasteiger partial charge in [-0.3, -0.25) is 4.79 Å². The van der Waals surface area contributed by atoms with Crippen LogP contribution in [0.3, 0.4) is 0 Å². The number of aromatic nitrogens is 2. The van der Waals surface area contributed by atoms with Gasteiger partial charge < -0.3 is 4.57 Å². The summed E-state index contributed by atoms with van der Waals surface area (Å²) in [4.78, 5) is 14.6. The average molecular weight is 166 g/mol. The molecule has 12 heavy (non-hydrogen) atoms. The number of carbonyl (C=O) groups is 1. The van der Waals surface area contributed by atoms with Gasteiger partial charge in [-0.05, 0) is 13.3 Å². The molecule has 0 aliphatic carbocycles. The van der Waals surface area contributed by atoms with E-state index in [0.29, 0.717) is 5.69 Å². The van der Waals surface area contributed by atoms with Gasteiger partial charge in [-0.2, -0.15) is 0 Å². The van der Waals surface area contributed by atoms with Gasteiger partial charge in [-0.25, -0.2) is 4.98 Å². The number of imidazole rings is 1. The lowest BCUT2D eigenvalue weighted by Crippen LogP contribution is -2.04. The standard InChI is InChI=1S/C9H14N2O/c1-3-4-5-11-8(2)10-6-9(11)7-12/h6-7H,3-5H2,1-2H3. The largest absolute Gasteiger partial charge is 0.326 e. The summed E-state index contributed by atoms with van der Waals surface area (Å²) in [5.41, 5.74) is 0.681. The topological polar surface area (TPSA) is 34.9 Å². The van der Waals surface area contributed by atoms with Crippen molar-refractivity contribution < 1.29 is 4.79 Å². The second-order valence-corrected chi connectivity index (χ2v) is 2.85. The maximum Gasteiger partial charge on any atom is 0.168 e. The Morgan fingerprint density at radius 1 is 1.67 bits per heavy atom. The second kappa shape index (κ2) is 4.04. The van der Waals surface area contributed by atoms with Crippen LogP contribution in [0.15, 0.2) is 6.20 Å². The average Bonchev–Trinajstić information content (AvgIpc) is 2.43. The van der Waals surface area contributed by atoms with Crippen LogP contribution in [0.4, 0.5) is 0 Å². The molecule has 0 saturated heterocycles. The molecule has 1 aromatic rings. The number of unbranched alkanes of at least 4 members (excludes halogenated alkanes) is 1. The van der Waals surface area contributed by atoms with E-state index >= 15 is 0 Å². The molecule has 1 heterocycles. The van der Waals surface area contributed by atoms with Gasteiger partial charge in [0.1, 0.15) is 11.5 Å². The molecule has 0 aliphatic rings. The molecule has 0 unspecified atom stereocenters. The molecule has 1 aromatic heterocycles. The van der Waals surface area contributed by atoms with Gasteiger partial charge in [0, 0.05) is 6.54 Å². The van der Waals surface area contributed by atoms with E-state index in [4.69, 9.17) is 0 Å². The van der Waals surface area contributed by atoms with E-state index in [9.17, 15) is 4.79 Å². The predicted molar refractivity (Wildman–Crippen MR) is 47.3 cm³/mol. The predicted octanol–water partition coefficient (Wildman–Crippen LogP) is 1.80. The lowest BCUT2D eigenvalue weighted by Gasteiger charge is -2.04. The molecule has 66 valence electrons. The molecule has 0 fully saturated rings. The quantitative estimate of drug-likeness (QED) is 0.639. The van der Waals surface area contributed by atoms with Crippen LogP contribution < -0.4 is 0 Å². The normalized spacial score (nSPS) is 10.2. The van der Waals surface area contributed by atoms with Crippen molar-refractivity contribution >= 4 is 6.29 Å². The SMILES string of the molecule is CCCCn1c(C=O)cnc1C. The summed E-state index contributed by atoms with van der Waals surface area (Å²) in [6.07, 6.45) is 4.71. The Balaban J connectivity index is 2.79. The second-order valence-electron chi connectivity index (χ2n) is 2.85. The molecule has 0 aromatic carbocycles. The number of hydrogen-bond acceptors (Lipinski definition) is 2. The first-order chi connectivity index (χ1) is 5.79. The number of aldehydes is 1. The number of aryl methyl sites for hydroxylation is 1. The van der Waals surface area contributed by atoms with Crippen LogP contribution in [0.25, 0.3) is 0 Å². The van der Waals surface area contributed by atoms with Gasteiger partial charge in [0.25, 0.3) is 0 Å². The highest BCUT2D eigenvalue weighted by Crippen LogP contribution is 2.04. The van der Waals surface area contributed by atoms with E-state index in [1.165, 1.54) is 0 Å². The molecule has 0 N–H and O–H groups in total. The highest BCUT2D eigenvalue weighted by atomic mass is 16.1. The van der Waals surface area contributed by atoms with Crippen LogP contribution in [-0.4, -0.2) is 15.8 Å². The Bertz CT molecular complexity index is 265. The molecule has 0 atom stereocenters. The third-order valence-corrected chi connectivity index (χ3v) is 1.94. The van der Waals surface area contributed by atoms with Gasteiger partial charge in [0.15, 0.2) is 6.29 Å². The van der Waals surface area contributed by atoms with Crippen molar-refractivity contribution in [2.75, 3.05) is 0 Å². The lowest BCUT2D eigenvalue weighted by molar-refractivity contribution is 0.111. The fourth-order valence-electron chi connectivity index (χ4n) is 1.19. The Hall–Kier alpha value is -1.12. The van der Waals surface area contributed by atoms with Crippen LogP contribution in [0.2, 0.25) is 0 Å². The minimum atomic E-state index is 0.681. The molecule has 3 heteroatoms. The van der Waals surface area contributed by atoms with E-state index < -0.39 is 0 Å². The number of carbonyl (C=O) groups excluding carboxylic acids is 1. The van der Waals surface area contributed by atoms with Crippen LogP contribution >= 0.6 is 0 Å². The molecule has 1 rings (SSSR count). The zero-order valence-corrected chi connectivity index (χ0v) is 7.58. The minimum Gasteiger partial charge on any atom is -0.326 e. The van der Waals surface area contributed by atoms with Gasteiger partial charge in [0.2, 0.25) is 0 Å². The molecular formula is C9H14N2O. The van der Waals surface area contributed by atoms with E-state index in [1.54, 1.807) is 6.20 Å². The molecule has 0 spiro atoms. The van der Waals surface area contributed by atoms with Crippen molar-refractivity contribution in [1.82, 2.24) is 9.55 Å². The Morgan fingerprint density at radius 2 is 2.42 bits per heavy atom. The fraction of sp³-hybridized carbons (Fsp3) is 0.556. The maximum atomic E-state index is 10.5. The highest BCUT2D eigenvalue weighted by molar-refractivity contribution is 5.71. The molecule has 0 bridgehead atoms. The summed E-state index contributed by atoms with van der Waals surface area (Å²) in [6, 6.07) is 0. The molecule has 0 saturated carbocycles.